The zero-order chi connectivity index (χ0) is 23.6. The topological polar surface area (TPSA) is 160 Å². The summed E-state index contributed by atoms with van der Waals surface area (Å²) in [7, 11) is 1.43. The number of nitrogens with zero attached hydrogens (tertiary/aromatic N) is 5. The van der Waals surface area contributed by atoms with E-state index < -0.39 is 12.9 Å². The van der Waals surface area contributed by atoms with Gasteiger partial charge in [-0.05, 0) is 18.9 Å². The Hall–Kier alpha value is -4.09. The van der Waals surface area contributed by atoms with Crippen LogP contribution in [0.1, 0.15) is 27.4 Å². The Balaban J connectivity index is 1.72. The van der Waals surface area contributed by atoms with Crippen molar-refractivity contribution in [2.75, 3.05) is 24.7 Å². The molecule has 154 valence electrons. The summed E-state index contributed by atoms with van der Waals surface area (Å²) < 4.78 is 27.4. The number of H-pyrrole nitrogens is 1. The fraction of sp³-hybridized carbons (Fsp3) is 0.278. The van der Waals surface area contributed by atoms with Crippen molar-refractivity contribution < 1.29 is 18.4 Å². The van der Waals surface area contributed by atoms with Crippen LogP contribution in [-0.4, -0.2) is 56.3 Å². The van der Waals surface area contributed by atoms with E-state index in [2.05, 4.69) is 41.0 Å². The predicted molar refractivity (Wildman–Crippen MR) is 106 cm³/mol. The zero-order valence-corrected chi connectivity index (χ0v) is 15.8. The summed E-state index contributed by atoms with van der Waals surface area (Å²) in [5.74, 6) is -0.317. The highest BCUT2D eigenvalue weighted by atomic mass is 16.5. The summed E-state index contributed by atoms with van der Waals surface area (Å²) in [6.45, 7) is -2.74. The first-order chi connectivity index (χ1) is 15.7. The molecule has 12 heteroatoms. The minimum Gasteiger partial charge on any atom is -0.492 e. The number of pyridine rings is 1. The molecule has 30 heavy (non-hydrogen) atoms. The van der Waals surface area contributed by atoms with E-state index in [1.807, 2.05) is 5.32 Å². The highest BCUT2D eigenvalue weighted by Crippen LogP contribution is 2.35. The van der Waals surface area contributed by atoms with E-state index >= 15 is 0 Å². The highest BCUT2D eigenvalue weighted by molar-refractivity contribution is 5.99. The van der Waals surface area contributed by atoms with Gasteiger partial charge in [0.1, 0.15) is 6.33 Å². The summed E-state index contributed by atoms with van der Waals surface area (Å²) in [6, 6.07) is 3.02. The van der Waals surface area contributed by atoms with Gasteiger partial charge in [0.05, 0.1) is 18.4 Å². The third kappa shape index (κ3) is 3.87. The van der Waals surface area contributed by atoms with Crippen LogP contribution in [0.5, 0.6) is 5.75 Å². The molecule has 0 bridgehead atoms. The van der Waals surface area contributed by atoms with Gasteiger partial charge < -0.3 is 20.7 Å². The van der Waals surface area contributed by atoms with E-state index in [1.165, 1.54) is 25.7 Å². The van der Waals surface area contributed by atoms with Crippen molar-refractivity contribution in [2.24, 2.45) is 5.92 Å². The lowest BCUT2D eigenvalue weighted by Gasteiger charge is -2.15. The van der Waals surface area contributed by atoms with Crippen molar-refractivity contribution in [1.29, 1.82) is 0 Å². The van der Waals surface area contributed by atoms with Gasteiger partial charge in [-0.25, -0.2) is 9.97 Å². The van der Waals surface area contributed by atoms with Crippen LogP contribution in [-0.2, 0) is 4.79 Å². The number of nitrogens with one attached hydrogen (secondary N) is 4. The molecule has 1 aliphatic rings. The average Bonchev–Trinajstić information content (AvgIpc) is 3.47. The number of anilines is 3. The maximum Gasteiger partial charge on any atom is 0.273 e. The number of carbonyl (C=O) groups excluding carboxylic acids is 2. The number of amides is 2. The van der Waals surface area contributed by atoms with Gasteiger partial charge in [0, 0.05) is 29.3 Å². The van der Waals surface area contributed by atoms with Gasteiger partial charge in [-0.15, -0.1) is 10.2 Å². The number of methoxy groups -OCH3 is 1. The van der Waals surface area contributed by atoms with Crippen LogP contribution in [0.25, 0.3) is 11.4 Å². The lowest BCUT2D eigenvalue weighted by Crippen LogP contribution is -2.22. The minimum absolute atomic E-state index is 0.0540. The highest BCUT2D eigenvalue weighted by Gasteiger charge is 2.30. The number of aromatic amines is 1. The lowest BCUT2D eigenvalue weighted by molar-refractivity contribution is -0.117. The smallest absolute Gasteiger partial charge is 0.273 e. The molecule has 4 N–H and O–H groups in total. The maximum atomic E-state index is 12.6. The van der Waals surface area contributed by atoms with Crippen molar-refractivity contribution in [3.05, 3.63) is 30.4 Å². The van der Waals surface area contributed by atoms with Gasteiger partial charge in [0.15, 0.2) is 28.9 Å². The lowest BCUT2D eigenvalue weighted by atomic mass is 10.2. The molecular formula is C18H19N9O3. The van der Waals surface area contributed by atoms with Gasteiger partial charge in [0.2, 0.25) is 5.91 Å². The molecule has 0 saturated heterocycles. The summed E-state index contributed by atoms with van der Waals surface area (Å²) in [4.78, 5) is 33.0. The van der Waals surface area contributed by atoms with Crippen LogP contribution in [0.4, 0.5) is 17.3 Å². The number of hydrogen-bond donors (Lipinski definition) is 4. The van der Waals surface area contributed by atoms with Crippen molar-refractivity contribution in [1.82, 2.24) is 35.7 Å². The summed E-state index contributed by atoms with van der Waals surface area (Å²) in [5.41, 5.74) is 0.271. The molecule has 1 aliphatic carbocycles. The third-order valence-electron chi connectivity index (χ3n) is 4.35. The van der Waals surface area contributed by atoms with E-state index in [0.717, 1.165) is 12.8 Å². The fourth-order valence-corrected chi connectivity index (χ4v) is 2.74. The van der Waals surface area contributed by atoms with Gasteiger partial charge in [-0.3, -0.25) is 14.7 Å². The second-order valence-electron chi connectivity index (χ2n) is 6.41. The molecule has 12 nitrogen and oxygen atoms in total. The molecule has 0 spiro atoms. The van der Waals surface area contributed by atoms with Crippen LogP contribution in [0.3, 0.4) is 0 Å². The first-order valence-corrected chi connectivity index (χ1v) is 8.92. The Morgan fingerprint density at radius 1 is 1.30 bits per heavy atom. The third-order valence-corrected chi connectivity index (χ3v) is 4.35. The zero-order valence-electron chi connectivity index (χ0n) is 18.8. The molecular weight excluding hydrogens is 390 g/mol. The van der Waals surface area contributed by atoms with Crippen LogP contribution in [0, 0.1) is 5.92 Å². The van der Waals surface area contributed by atoms with Gasteiger partial charge in [-0.2, -0.15) is 5.10 Å². The average molecular weight is 412 g/mol. The van der Waals surface area contributed by atoms with Crippen molar-refractivity contribution in [2.45, 2.75) is 12.8 Å². The maximum absolute atomic E-state index is 12.6. The van der Waals surface area contributed by atoms with Crippen LogP contribution in [0.2, 0.25) is 0 Å². The van der Waals surface area contributed by atoms with Gasteiger partial charge in [0.25, 0.3) is 5.91 Å². The van der Waals surface area contributed by atoms with Crippen molar-refractivity contribution >= 4 is 29.1 Å². The number of hydrogen-bond acceptors (Lipinski definition) is 9. The number of aromatic nitrogens is 6. The molecule has 2 amide bonds. The molecule has 0 radical (unpaired) electrons. The largest absolute Gasteiger partial charge is 0.492 e. The van der Waals surface area contributed by atoms with Crippen LogP contribution < -0.4 is 20.7 Å². The Morgan fingerprint density at radius 3 is 2.87 bits per heavy atom. The second kappa shape index (κ2) is 8.11. The van der Waals surface area contributed by atoms with E-state index in [-0.39, 0.29) is 40.6 Å². The molecule has 0 aliphatic heterocycles. The van der Waals surface area contributed by atoms with Crippen LogP contribution >= 0.6 is 0 Å². The number of rotatable bonds is 7. The SMILES string of the molecule is [2H]C([2H])([2H])NC(=O)c1nnc(NC(=O)C2CC2)cc1Nc1nccc(-c2ncn[nH]2)c1OC. The Morgan fingerprint density at radius 2 is 2.17 bits per heavy atom. The molecule has 1 saturated carbocycles. The molecule has 0 aromatic carbocycles. The normalized spacial score (nSPS) is 14.8. The van der Waals surface area contributed by atoms with E-state index in [4.69, 9.17) is 8.85 Å². The summed E-state index contributed by atoms with van der Waals surface area (Å²) in [5, 5.41) is 21.7. The Bertz CT molecular complexity index is 1180. The fourth-order valence-electron chi connectivity index (χ4n) is 2.74. The molecule has 3 aromatic rings. The standard InChI is InChI=1S/C18H19N9O3/c1-19-18(29)13-11(7-12(25-26-13)24-17(28)9-3-4-9)23-16-14(30-2)10(5-6-20-16)15-21-8-22-27-15/h5-9H,3-4H2,1-2H3,(H,19,29)(H,21,22,27)(H2,20,23,24,25,28)/i1D3. The first-order valence-electron chi connectivity index (χ1n) is 10.4. The molecule has 1 fully saturated rings. The molecule has 4 rings (SSSR count). The van der Waals surface area contributed by atoms with E-state index in [9.17, 15) is 9.59 Å². The van der Waals surface area contributed by atoms with Gasteiger partial charge in [-0.1, -0.05) is 0 Å². The molecule has 0 unspecified atom stereocenters. The van der Waals surface area contributed by atoms with Crippen LogP contribution in [0.15, 0.2) is 24.7 Å². The quantitative estimate of drug-likeness (QED) is 0.446. The summed E-state index contributed by atoms with van der Waals surface area (Å²) >= 11 is 0. The minimum atomic E-state index is -2.74. The molecule has 3 heterocycles. The summed E-state index contributed by atoms with van der Waals surface area (Å²) in [6.07, 6.45) is 4.40. The number of carbonyl (C=O) groups is 2. The Labute approximate surface area is 175 Å². The van der Waals surface area contributed by atoms with Crippen molar-refractivity contribution in [3.8, 4) is 17.1 Å². The van der Waals surface area contributed by atoms with Crippen molar-refractivity contribution in [3.63, 3.8) is 0 Å². The van der Waals surface area contributed by atoms with E-state index in [0.29, 0.717) is 11.4 Å². The Kier molecular flexibility index (Phi) is 4.27. The molecule has 0 atom stereocenters. The van der Waals surface area contributed by atoms with Gasteiger partial charge >= 0.3 is 0 Å². The second-order valence-corrected chi connectivity index (χ2v) is 6.41. The molecule has 3 aromatic heterocycles. The predicted octanol–water partition coefficient (Wildman–Crippen LogP) is 1.12. The van der Waals surface area contributed by atoms with E-state index in [1.54, 1.807) is 6.07 Å². The monoisotopic (exact) mass is 412 g/mol. The number of ether oxygens (including phenoxy) is 1. The first kappa shape index (κ1) is 15.8.